The van der Waals surface area contributed by atoms with Gasteiger partial charge in [-0.05, 0) is 13.1 Å². The van der Waals surface area contributed by atoms with Crippen LogP contribution in [0, 0.1) is 11.3 Å². The Hall–Kier alpha value is -0.630. The van der Waals surface area contributed by atoms with Crippen molar-refractivity contribution in [1.82, 2.24) is 10.2 Å². The van der Waals surface area contributed by atoms with Crippen molar-refractivity contribution in [2.75, 3.05) is 32.7 Å². The third kappa shape index (κ3) is 6.84. The Kier molecular flexibility index (Phi) is 8.54. The molecular weight excluding hydrogens is 178 g/mol. The van der Waals surface area contributed by atoms with E-state index in [1.165, 1.54) is 0 Å². The first-order valence-electron chi connectivity index (χ1n) is 5.22. The first-order chi connectivity index (χ1) is 6.74. The Bertz CT molecular complexity index is 167. The largest absolute Gasteiger partial charge is 0.390 e. The van der Waals surface area contributed by atoms with E-state index in [1.807, 2.05) is 13.8 Å². The zero-order valence-electron chi connectivity index (χ0n) is 9.16. The fourth-order valence-corrected chi connectivity index (χ4v) is 1.26. The van der Waals surface area contributed by atoms with Crippen LogP contribution in [0.2, 0.25) is 0 Å². The van der Waals surface area contributed by atoms with Crippen molar-refractivity contribution in [3.05, 3.63) is 0 Å². The van der Waals surface area contributed by atoms with E-state index in [0.717, 1.165) is 19.6 Å². The van der Waals surface area contributed by atoms with Crippen LogP contribution in [0.3, 0.4) is 0 Å². The van der Waals surface area contributed by atoms with Crippen molar-refractivity contribution in [2.45, 2.75) is 26.4 Å². The quantitative estimate of drug-likeness (QED) is 0.586. The Morgan fingerprint density at radius 3 is 2.71 bits per heavy atom. The van der Waals surface area contributed by atoms with Gasteiger partial charge in [-0.2, -0.15) is 5.26 Å². The van der Waals surface area contributed by atoms with Gasteiger partial charge >= 0.3 is 0 Å². The van der Waals surface area contributed by atoms with Gasteiger partial charge in [0.2, 0.25) is 0 Å². The summed E-state index contributed by atoms with van der Waals surface area (Å²) in [6.07, 6.45) is 0.190. The number of aliphatic hydroxyl groups excluding tert-OH is 1. The monoisotopic (exact) mass is 199 g/mol. The number of hydrogen-bond donors (Lipinski definition) is 2. The molecule has 0 radical (unpaired) electrons. The highest BCUT2D eigenvalue weighted by Crippen LogP contribution is 1.93. The smallest absolute Gasteiger partial charge is 0.0791 e. The maximum Gasteiger partial charge on any atom is 0.0791 e. The number of nitrogens with one attached hydrogen (secondary N) is 1. The molecule has 0 spiro atoms. The molecule has 0 amide bonds. The molecule has 14 heavy (non-hydrogen) atoms. The standard InChI is InChI=1S/C10H21N3O/c1-3-12-8-10(14)9-13(4-2)7-5-6-11/h10,12,14H,3-5,7-9H2,1-2H3. The minimum absolute atomic E-state index is 0.339. The molecule has 0 saturated carbocycles. The molecule has 0 aliphatic rings. The van der Waals surface area contributed by atoms with Crippen molar-refractivity contribution in [3.8, 4) is 6.07 Å². The topological polar surface area (TPSA) is 59.3 Å². The van der Waals surface area contributed by atoms with Crippen molar-refractivity contribution < 1.29 is 5.11 Å². The summed E-state index contributed by atoms with van der Waals surface area (Å²) >= 11 is 0. The summed E-state index contributed by atoms with van der Waals surface area (Å²) in [7, 11) is 0. The molecule has 0 aromatic rings. The second-order valence-electron chi connectivity index (χ2n) is 3.26. The summed E-state index contributed by atoms with van der Waals surface area (Å²) in [6.45, 7) is 7.82. The zero-order valence-corrected chi connectivity index (χ0v) is 9.16. The Morgan fingerprint density at radius 2 is 2.21 bits per heavy atom. The third-order valence-corrected chi connectivity index (χ3v) is 2.09. The van der Waals surface area contributed by atoms with Crippen molar-refractivity contribution in [3.63, 3.8) is 0 Å². The van der Waals surface area contributed by atoms with Crippen LogP contribution in [-0.2, 0) is 0 Å². The van der Waals surface area contributed by atoms with E-state index >= 15 is 0 Å². The third-order valence-electron chi connectivity index (χ3n) is 2.09. The van der Waals surface area contributed by atoms with Crippen molar-refractivity contribution in [2.24, 2.45) is 0 Å². The summed E-state index contributed by atoms with van der Waals surface area (Å²) in [5.74, 6) is 0. The lowest BCUT2D eigenvalue weighted by atomic mass is 10.3. The highest BCUT2D eigenvalue weighted by Gasteiger charge is 2.08. The molecule has 0 aromatic heterocycles. The number of nitrogens with zero attached hydrogens (tertiary/aromatic N) is 2. The van der Waals surface area contributed by atoms with E-state index in [0.29, 0.717) is 19.5 Å². The lowest BCUT2D eigenvalue weighted by Crippen LogP contribution is -2.38. The van der Waals surface area contributed by atoms with E-state index in [1.54, 1.807) is 0 Å². The fraction of sp³-hybridized carbons (Fsp3) is 0.900. The van der Waals surface area contributed by atoms with Crippen LogP contribution in [0.5, 0.6) is 0 Å². The summed E-state index contributed by atoms with van der Waals surface area (Å²) in [5.41, 5.74) is 0. The van der Waals surface area contributed by atoms with Gasteiger partial charge in [0, 0.05) is 26.1 Å². The van der Waals surface area contributed by atoms with Crippen LogP contribution < -0.4 is 5.32 Å². The van der Waals surface area contributed by atoms with Crippen molar-refractivity contribution >= 4 is 0 Å². The number of hydrogen-bond acceptors (Lipinski definition) is 4. The Morgan fingerprint density at radius 1 is 1.50 bits per heavy atom. The van der Waals surface area contributed by atoms with E-state index in [-0.39, 0.29) is 6.10 Å². The maximum atomic E-state index is 9.59. The zero-order chi connectivity index (χ0) is 10.8. The van der Waals surface area contributed by atoms with Gasteiger partial charge in [-0.3, -0.25) is 4.90 Å². The summed E-state index contributed by atoms with van der Waals surface area (Å²) in [6, 6.07) is 2.11. The first-order valence-corrected chi connectivity index (χ1v) is 5.22. The first kappa shape index (κ1) is 13.4. The Labute approximate surface area is 86.5 Å². The van der Waals surface area contributed by atoms with Gasteiger partial charge in [-0.15, -0.1) is 0 Å². The fourth-order valence-electron chi connectivity index (χ4n) is 1.26. The number of likely N-dealkylation sites (N-methyl/N-ethyl adjacent to an activating group) is 2. The number of aliphatic hydroxyl groups is 1. The molecule has 1 unspecified atom stereocenters. The molecular formula is C10H21N3O. The number of nitriles is 1. The van der Waals surface area contributed by atoms with E-state index < -0.39 is 0 Å². The predicted octanol–water partition coefficient (Wildman–Crippen LogP) is 0.192. The SMILES string of the molecule is CCNCC(O)CN(CC)CCC#N. The molecule has 0 aliphatic carbocycles. The minimum Gasteiger partial charge on any atom is -0.390 e. The van der Waals surface area contributed by atoms with E-state index in [4.69, 9.17) is 5.26 Å². The van der Waals surface area contributed by atoms with Gasteiger partial charge in [-0.25, -0.2) is 0 Å². The highest BCUT2D eigenvalue weighted by molar-refractivity contribution is 4.73. The summed E-state index contributed by atoms with van der Waals surface area (Å²) in [5, 5.41) is 21.1. The molecule has 4 nitrogen and oxygen atoms in total. The van der Waals surface area contributed by atoms with Crippen LogP contribution in [0.15, 0.2) is 0 Å². The molecule has 1 atom stereocenters. The van der Waals surface area contributed by atoms with Crippen LogP contribution in [0.25, 0.3) is 0 Å². The highest BCUT2D eigenvalue weighted by atomic mass is 16.3. The second-order valence-corrected chi connectivity index (χ2v) is 3.26. The lowest BCUT2D eigenvalue weighted by molar-refractivity contribution is 0.115. The summed E-state index contributed by atoms with van der Waals surface area (Å²) in [4.78, 5) is 2.09. The van der Waals surface area contributed by atoms with Crippen LogP contribution in [0.4, 0.5) is 0 Å². The lowest BCUT2D eigenvalue weighted by Gasteiger charge is -2.22. The number of rotatable bonds is 8. The van der Waals surface area contributed by atoms with Gasteiger partial charge in [0.15, 0.2) is 0 Å². The van der Waals surface area contributed by atoms with Gasteiger partial charge in [-0.1, -0.05) is 13.8 Å². The molecule has 0 bridgehead atoms. The van der Waals surface area contributed by atoms with E-state index in [2.05, 4.69) is 16.3 Å². The molecule has 4 heteroatoms. The molecule has 0 aliphatic heterocycles. The molecule has 0 aromatic carbocycles. The van der Waals surface area contributed by atoms with Crippen LogP contribution in [-0.4, -0.2) is 48.8 Å². The molecule has 0 saturated heterocycles. The van der Waals surface area contributed by atoms with E-state index in [9.17, 15) is 5.11 Å². The Balaban J connectivity index is 3.63. The average Bonchev–Trinajstić information content (AvgIpc) is 2.21. The van der Waals surface area contributed by atoms with Crippen LogP contribution in [0.1, 0.15) is 20.3 Å². The second kappa shape index (κ2) is 8.95. The summed E-state index contributed by atoms with van der Waals surface area (Å²) < 4.78 is 0. The van der Waals surface area contributed by atoms with Gasteiger partial charge in [0.05, 0.1) is 12.2 Å². The van der Waals surface area contributed by atoms with Gasteiger partial charge in [0.25, 0.3) is 0 Å². The molecule has 0 fully saturated rings. The van der Waals surface area contributed by atoms with Crippen LogP contribution >= 0.6 is 0 Å². The van der Waals surface area contributed by atoms with Gasteiger partial charge < -0.3 is 10.4 Å². The molecule has 0 heterocycles. The predicted molar refractivity (Wildman–Crippen MR) is 56.9 cm³/mol. The molecule has 2 N–H and O–H groups in total. The minimum atomic E-state index is -0.339. The maximum absolute atomic E-state index is 9.59. The normalized spacial score (nSPS) is 12.8. The molecule has 82 valence electrons. The van der Waals surface area contributed by atoms with Gasteiger partial charge in [0.1, 0.15) is 0 Å². The van der Waals surface area contributed by atoms with Crippen molar-refractivity contribution in [1.29, 1.82) is 5.26 Å². The molecule has 0 rings (SSSR count). The average molecular weight is 199 g/mol.